The van der Waals surface area contributed by atoms with E-state index in [0.717, 1.165) is 0 Å². The maximum atomic E-state index is 11.1. The standard InChI is InChI=1S/C12H17N3O3/c1-7(12(17)18)3-4-14-10-6-9(11(13)16)5-8(2)15-10/h5-7H,3-4H2,1-2H3,(H2,13,16)(H,14,15)(H,17,18). The molecule has 98 valence electrons. The summed E-state index contributed by atoms with van der Waals surface area (Å²) in [5.41, 5.74) is 6.26. The number of hydrogen-bond acceptors (Lipinski definition) is 4. The van der Waals surface area contributed by atoms with Crippen molar-refractivity contribution in [2.45, 2.75) is 20.3 Å². The molecule has 0 aliphatic carbocycles. The Hall–Kier alpha value is -2.11. The van der Waals surface area contributed by atoms with Crippen molar-refractivity contribution in [3.63, 3.8) is 0 Å². The summed E-state index contributed by atoms with van der Waals surface area (Å²) in [6.45, 7) is 3.88. The summed E-state index contributed by atoms with van der Waals surface area (Å²) in [7, 11) is 0. The number of aromatic nitrogens is 1. The van der Waals surface area contributed by atoms with Gasteiger partial charge in [-0.1, -0.05) is 6.92 Å². The van der Waals surface area contributed by atoms with Gasteiger partial charge in [0.2, 0.25) is 5.91 Å². The number of nitrogens with zero attached hydrogens (tertiary/aromatic N) is 1. The predicted molar refractivity (Wildman–Crippen MR) is 67.4 cm³/mol. The molecule has 0 radical (unpaired) electrons. The molecule has 0 bridgehead atoms. The number of rotatable bonds is 6. The third kappa shape index (κ3) is 4.04. The van der Waals surface area contributed by atoms with Gasteiger partial charge in [0.25, 0.3) is 0 Å². The number of carbonyl (C=O) groups is 2. The Bertz CT molecular complexity index is 460. The summed E-state index contributed by atoms with van der Waals surface area (Å²) in [6.07, 6.45) is 0.483. The summed E-state index contributed by atoms with van der Waals surface area (Å²) < 4.78 is 0. The highest BCUT2D eigenvalue weighted by atomic mass is 16.4. The van der Waals surface area contributed by atoms with Crippen LogP contribution in [0.3, 0.4) is 0 Å². The molecule has 4 N–H and O–H groups in total. The first-order chi connectivity index (χ1) is 8.40. The molecule has 0 aromatic carbocycles. The zero-order chi connectivity index (χ0) is 13.7. The predicted octanol–water partition coefficient (Wildman–Crippen LogP) is 1.01. The number of pyridine rings is 1. The minimum absolute atomic E-state index is 0.385. The molecule has 0 saturated heterocycles. The Morgan fingerprint density at radius 1 is 1.50 bits per heavy atom. The second-order valence-electron chi connectivity index (χ2n) is 4.20. The quantitative estimate of drug-likeness (QED) is 0.699. The van der Waals surface area contributed by atoms with Crippen molar-refractivity contribution in [2.24, 2.45) is 11.7 Å². The van der Waals surface area contributed by atoms with E-state index >= 15 is 0 Å². The number of aryl methyl sites for hydroxylation is 1. The number of nitrogens with one attached hydrogen (secondary N) is 1. The van der Waals surface area contributed by atoms with Gasteiger partial charge in [0.15, 0.2) is 0 Å². The number of carboxylic acid groups (broad SMARTS) is 1. The fourth-order valence-electron chi connectivity index (χ4n) is 1.44. The molecule has 1 amide bonds. The monoisotopic (exact) mass is 251 g/mol. The van der Waals surface area contributed by atoms with Gasteiger partial charge in [0.05, 0.1) is 5.92 Å². The number of carboxylic acids is 1. The van der Waals surface area contributed by atoms with Crippen LogP contribution in [0, 0.1) is 12.8 Å². The maximum absolute atomic E-state index is 11.1. The van der Waals surface area contributed by atoms with Gasteiger partial charge >= 0.3 is 5.97 Å². The Labute approximate surface area is 105 Å². The van der Waals surface area contributed by atoms with Gasteiger partial charge in [-0.15, -0.1) is 0 Å². The van der Waals surface area contributed by atoms with Crippen molar-refractivity contribution in [1.82, 2.24) is 4.98 Å². The molecular weight excluding hydrogens is 234 g/mol. The van der Waals surface area contributed by atoms with Gasteiger partial charge in [-0.2, -0.15) is 0 Å². The minimum Gasteiger partial charge on any atom is -0.481 e. The van der Waals surface area contributed by atoms with E-state index in [9.17, 15) is 9.59 Å². The van der Waals surface area contributed by atoms with Crippen molar-refractivity contribution in [1.29, 1.82) is 0 Å². The molecular formula is C12H17N3O3. The largest absolute Gasteiger partial charge is 0.481 e. The topological polar surface area (TPSA) is 105 Å². The first-order valence-electron chi connectivity index (χ1n) is 5.65. The van der Waals surface area contributed by atoms with Gasteiger partial charge in [-0.25, -0.2) is 4.98 Å². The van der Waals surface area contributed by atoms with Gasteiger partial charge in [-0.3, -0.25) is 9.59 Å². The lowest BCUT2D eigenvalue weighted by Gasteiger charge is -2.09. The van der Waals surface area contributed by atoms with Crippen LogP contribution in [0.4, 0.5) is 5.82 Å². The van der Waals surface area contributed by atoms with E-state index in [1.165, 1.54) is 0 Å². The number of anilines is 1. The smallest absolute Gasteiger partial charge is 0.306 e. The van der Waals surface area contributed by atoms with Crippen molar-refractivity contribution in [2.75, 3.05) is 11.9 Å². The van der Waals surface area contributed by atoms with E-state index in [4.69, 9.17) is 10.8 Å². The van der Waals surface area contributed by atoms with Crippen molar-refractivity contribution < 1.29 is 14.7 Å². The molecule has 18 heavy (non-hydrogen) atoms. The Kier molecular flexibility index (Phi) is 4.65. The van der Waals surface area contributed by atoms with E-state index in [-0.39, 0.29) is 0 Å². The van der Waals surface area contributed by atoms with Crippen LogP contribution in [0.5, 0.6) is 0 Å². The van der Waals surface area contributed by atoms with E-state index < -0.39 is 17.8 Å². The SMILES string of the molecule is Cc1cc(C(N)=O)cc(NCCC(C)C(=O)O)n1. The molecule has 1 rings (SSSR count). The molecule has 0 aliphatic rings. The first kappa shape index (κ1) is 14.0. The summed E-state index contributed by atoms with van der Waals surface area (Å²) in [5, 5.41) is 11.7. The Morgan fingerprint density at radius 3 is 2.72 bits per heavy atom. The first-order valence-corrected chi connectivity index (χ1v) is 5.65. The third-order valence-electron chi connectivity index (χ3n) is 2.54. The molecule has 0 fully saturated rings. The fourth-order valence-corrected chi connectivity index (χ4v) is 1.44. The van der Waals surface area contributed by atoms with E-state index in [0.29, 0.717) is 30.0 Å². The lowest BCUT2D eigenvalue weighted by molar-refractivity contribution is -0.141. The van der Waals surface area contributed by atoms with Gasteiger partial charge in [0, 0.05) is 17.8 Å². The zero-order valence-corrected chi connectivity index (χ0v) is 10.4. The number of aliphatic carboxylic acids is 1. The number of carbonyl (C=O) groups excluding carboxylic acids is 1. The van der Waals surface area contributed by atoms with Crippen LogP contribution in [0.2, 0.25) is 0 Å². The summed E-state index contributed by atoms with van der Waals surface area (Å²) in [5.74, 6) is -1.23. The minimum atomic E-state index is -0.827. The molecule has 1 aromatic rings. The molecule has 1 aromatic heterocycles. The van der Waals surface area contributed by atoms with Crippen molar-refractivity contribution in [3.8, 4) is 0 Å². The summed E-state index contributed by atoms with van der Waals surface area (Å²) in [6, 6.07) is 3.16. The van der Waals surface area contributed by atoms with E-state index in [1.807, 2.05) is 0 Å². The number of amides is 1. The third-order valence-corrected chi connectivity index (χ3v) is 2.54. The van der Waals surface area contributed by atoms with Gasteiger partial charge < -0.3 is 16.2 Å². The van der Waals surface area contributed by atoms with Crippen LogP contribution in [0.15, 0.2) is 12.1 Å². The second-order valence-corrected chi connectivity index (χ2v) is 4.20. The average Bonchev–Trinajstić information content (AvgIpc) is 2.27. The summed E-state index contributed by atoms with van der Waals surface area (Å²) >= 11 is 0. The maximum Gasteiger partial charge on any atom is 0.306 e. The van der Waals surface area contributed by atoms with Crippen LogP contribution in [-0.2, 0) is 4.79 Å². The van der Waals surface area contributed by atoms with Crippen molar-refractivity contribution >= 4 is 17.7 Å². The van der Waals surface area contributed by atoms with Crippen LogP contribution >= 0.6 is 0 Å². The molecule has 1 atom stereocenters. The fraction of sp³-hybridized carbons (Fsp3) is 0.417. The lowest BCUT2D eigenvalue weighted by Crippen LogP contribution is -2.16. The lowest BCUT2D eigenvalue weighted by atomic mass is 10.1. The molecule has 0 aliphatic heterocycles. The van der Waals surface area contributed by atoms with Gasteiger partial charge in [-0.05, 0) is 25.5 Å². The highest BCUT2D eigenvalue weighted by Crippen LogP contribution is 2.10. The zero-order valence-electron chi connectivity index (χ0n) is 10.4. The molecule has 1 heterocycles. The van der Waals surface area contributed by atoms with Crippen LogP contribution in [0.1, 0.15) is 29.4 Å². The van der Waals surface area contributed by atoms with Crippen LogP contribution in [-0.4, -0.2) is 28.5 Å². The number of hydrogen-bond donors (Lipinski definition) is 3. The molecule has 0 saturated carbocycles. The highest BCUT2D eigenvalue weighted by molar-refractivity contribution is 5.93. The van der Waals surface area contributed by atoms with Crippen LogP contribution < -0.4 is 11.1 Å². The van der Waals surface area contributed by atoms with Crippen molar-refractivity contribution in [3.05, 3.63) is 23.4 Å². The Balaban J connectivity index is 2.62. The molecule has 0 spiro atoms. The molecule has 1 unspecified atom stereocenters. The molecule has 6 heteroatoms. The van der Waals surface area contributed by atoms with E-state index in [2.05, 4.69) is 10.3 Å². The Morgan fingerprint density at radius 2 is 2.17 bits per heavy atom. The number of nitrogens with two attached hydrogens (primary N) is 1. The van der Waals surface area contributed by atoms with Gasteiger partial charge in [0.1, 0.15) is 5.82 Å². The summed E-state index contributed by atoms with van der Waals surface area (Å²) in [4.78, 5) is 25.9. The average molecular weight is 251 g/mol. The molecule has 6 nitrogen and oxygen atoms in total. The second kappa shape index (κ2) is 6.00. The normalized spacial score (nSPS) is 11.9. The highest BCUT2D eigenvalue weighted by Gasteiger charge is 2.10. The van der Waals surface area contributed by atoms with Crippen LogP contribution in [0.25, 0.3) is 0 Å². The number of primary amides is 1. The van der Waals surface area contributed by atoms with E-state index in [1.54, 1.807) is 26.0 Å².